The van der Waals surface area contributed by atoms with E-state index in [1.807, 2.05) is 18.2 Å². The second kappa shape index (κ2) is 8.93. The van der Waals surface area contributed by atoms with Crippen LogP contribution in [0.25, 0.3) is 16.9 Å². The fourth-order valence-corrected chi connectivity index (χ4v) is 3.25. The SMILES string of the molecule is COc1cccc(-n2nnc(C(=O)NCc3ccc(F)c(Cl)c3)c2-c2ccncc2)c1. The van der Waals surface area contributed by atoms with Gasteiger partial charge in [-0.25, -0.2) is 9.07 Å². The average Bonchev–Trinajstić information content (AvgIpc) is 3.25. The molecule has 0 saturated heterocycles. The number of benzene rings is 2. The number of carbonyl (C=O) groups excluding carboxylic acids is 1. The van der Waals surface area contributed by atoms with Gasteiger partial charge in [0.1, 0.15) is 17.3 Å². The first-order valence-electron chi connectivity index (χ1n) is 9.29. The van der Waals surface area contributed by atoms with Gasteiger partial charge in [0.05, 0.1) is 17.8 Å². The van der Waals surface area contributed by atoms with E-state index in [9.17, 15) is 9.18 Å². The van der Waals surface area contributed by atoms with Crippen LogP contribution < -0.4 is 10.1 Å². The number of aromatic nitrogens is 4. The lowest BCUT2D eigenvalue weighted by molar-refractivity contribution is 0.0946. The topological polar surface area (TPSA) is 81.9 Å². The highest BCUT2D eigenvalue weighted by Crippen LogP contribution is 2.26. The summed E-state index contributed by atoms with van der Waals surface area (Å²) in [5.41, 5.74) is 2.71. The van der Waals surface area contributed by atoms with E-state index in [1.54, 1.807) is 48.5 Å². The molecular weight excluding hydrogens is 421 g/mol. The van der Waals surface area contributed by atoms with Crippen LogP contribution in [-0.2, 0) is 6.54 Å². The summed E-state index contributed by atoms with van der Waals surface area (Å²) in [6, 6.07) is 15.1. The van der Waals surface area contributed by atoms with Crippen LogP contribution in [0.15, 0.2) is 67.0 Å². The van der Waals surface area contributed by atoms with Crippen LogP contribution in [0.2, 0.25) is 5.02 Å². The van der Waals surface area contributed by atoms with Gasteiger partial charge in [0, 0.05) is 30.6 Å². The zero-order chi connectivity index (χ0) is 21.8. The summed E-state index contributed by atoms with van der Waals surface area (Å²) in [6.07, 6.45) is 3.25. The van der Waals surface area contributed by atoms with Crippen molar-refractivity contribution in [2.75, 3.05) is 7.11 Å². The molecule has 0 saturated carbocycles. The van der Waals surface area contributed by atoms with Crippen LogP contribution in [0.3, 0.4) is 0 Å². The summed E-state index contributed by atoms with van der Waals surface area (Å²) >= 11 is 5.82. The van der Waals surface area contributed by atoms with Gasteiger partial charge in [-0.3, -0.25) is 9.78 Å². The number of amides is 1. The molecular formula is C22H17ClFN5O2. The number of hydrogen-bond acceptors (Lipinski definition) is 5. The highest BCUT2D eigenvalue weighted by molar-refractivity contribution is 6.30. The van der Waals surface area contributed by atoms with Crippen LogP contribution in [0.1, 0.15) is 16.1 Å². The van der Waals surface area contributed by atoms with Crippen LogP contribution >= 0.6 is 11.6 Å². The quantitative estimate of drug-likeness (QED) is 0.492. The van der Waals surface area contributed by atoms with Crippen molar-refractivity contribution in [3.8, 4) is 22.7 Å². The van der Waals surface area contributed by atoms with E-state index in [2.05, 4.69) is 20.6 Å². The van der Waals surface area contributed by atoms with Gasteiger partial charge in [0.15, 0.2) is 5.69 Å². The molecule has 2 heterocycles. The van der Waals surface area contributed by atoms with Crippen molar-refractivity contribution in [3.05, 3.63) is 89.1 Å². The Labute approximate surface area is 182 Å². The highest BCUT2D eigenvalue weighted by Gasteiger charge is 2.22. The summed E-state index contributed by atoms with van der Waals surface area (Å²) in [7, 11) is 1.57. The van der Waals surface area contributed by atoms with Crippen LogP contribution in [-0.4, -0.2) is 33.0 Å². The molecule has 2 aromatic carbocycles. The number of halogens is 2. The van der Waals surface area contributed by atoms with Gasteiger partial charge in [-0.2, -0.15) is 0 Å². The first-order chi connectivity index (χ1) is 15.1. The van der Waals surface area contributed by atoms with Crippen molar-refractivity contribution in [3.63, 3.8) is 0 Å². The molecule has 156 valence electrons. The molecule has 0 radical (unpaired) electrons. The number of nitrogens with zero attached hydrogens (tertiary/aromatic N) is 4. The molecule has 0 aliphatic carbocycles. The Hall–Kier alpha value is -3.78. The molecule has 4 aromatic rings. The van der Waals surface area contributed by atoms with Gasteiger partial charge in [-0.1, -0.05) is 28.9 Å². The molecule has 0 aliphatic rings. The Bertz CT molecular complexity index is 1230. The normalized spacial score (nSPS) is 10.7. The first-order valence-corrected chi connectivity index (χ1v) is 9.67. The molecule has 0 bridgehead atoms. The second-order valence-corrected chi connectivity index (χ2v) is 6.97. The fourth-order valence-electron chi connectivity index (χ4n) is 3.04. The maximum Gasteiger partial charge on any atom is 0.274 e. The minimum Gasteiger partial charge on any atom is -0.497 e. The van der Waals surface area contributed by atoms with E-state index in [0.29, 0.717) is 22.7 Å². The molecule has 0 unspecified atom stereocenters. The molecule has 31 heavy (non-hydrogen) atoms. The molecule has 0 fully saturated rings. The van der Waals surface area contributed by atoms with E-state index in [0.717, 1.165) is 5.56 Å². The van der Waals surface area contributed by atoms with Crippen molar-refractivity contribution in [2.24, 2.45) is 0 Å². The molecule has 2 aromatic heterocycles. The van der Waals surface area contributed by atoms with E-state index in [4.69, 9.17) is 16.3 Å². The monoisotopic (exact) mass is 437 g/mol. The third-order valence-corrected chi connectivity index (χ3v) is 4.86. The van der Waals surface area contributed by atoms with Crippen LogP contribution in [0, 0.1) is 5.82 Å². The predicted molar refractivity (Wildman–Crippen MR) is 114 cm³/mol. The third-order valence-electron chi connectivity index (χ3n) is 4.57. The van der Waals surface area contributed by atoms with E-state index < -0.39 is 11.7 Å². The molecule has 0 atom stereocenters. The standard InChI is InChI=1S/C22H17ClFN5O2/c1-31-17-4-2-3-16(12-17)29-21(15-7-9-25-10-8-15)20(27-28-29)22(30)26-13-14-5-6-19(24)18(23)11-14/h2-12H,13H2,1H3,(H,26,30). The number of nitrogens with one attached hydrogen (secondary N) is 1. The lowest BCUT2D eigenvalue weighted by Crippen LogP contribution is -2.24. The van der Waals surface area contributed by atoms with Gasteiger partial charge in [0.2, 0.25) is 0 Å². The lowest BCUT2D eigenvalue weighted by Gasteiger charge is -2.10. The van der Waals surface area contributed by atoms with E-state index in [1.165, 1.54) is 12.1 Å². The summed E-state index contributed by atoms with van der Waals surface area (Å²) in [6.45, 7) is 0.153. The Morgan fingerprint density at radius 1 is 1.16 bits per heavy atom. The fraction of sp³-hybridized carbons (Fsp3) is 0.0909. The van der Waals surface area contributed by atoms with Crippen LogP contribution in [0.5, 0.6) is 5.75 Å². The van der Waals surface area contributed by atoms with Crippen molar-refractivity contribution in [2.45, 2.75) is 6.54 Å². The molecule has 9 heteroatoms. The Morgan fingerprint density at radius 3 is 2.71 bits per heavy atom. The molecule has 1 N–H and O–H groups in total. The van der Waals surface area contributed by atoms with Crippen molar-refractivity contribution >= 4 is 17.5 Å². The summed E-state index contributed by atoms with van der Waals surface area (Å²) in [4.78, 5) is 17.0. The number of pyridine rings is 1. The molecule has 7 nitrogen and oxygen atoms in total. The zero-order valence-electron chi connectivity index (χ0n) is 16.4. The van der Waals surface area contributed by atoms with Crippen molar-refractivity contribution in [1.29, 1.82) is 0 Å². The molecule has 4 rings (SSSR count). The van der Waals surface area contributed by atoms with Gasteiger partial charge in [0.25, 0.3) is 5.91 Å². The van der Waals surface area contributed by atoms with Crippen LogP contribution in [0.4, 0.5) is 4.39 Å². The maximum absolute atomic E-state index is 13.4. The maximum atomic E-state index is 13.4. The van der Waals surface area contributed by atoms with Gasteiger partial charge >= 0.3 is 0 Å². The number of rotatable bonds is 6. The minimum atomic E-state index is -0.516. The largest absolute Gasteiger partial charge is 0.497 e. The molecule has 0 spiro atoms. The minimum absolute atomic E-state index is 0.00630. The Kier molecular flexibility index (Phi) is 5.90. The van der Waals surface area contributed by atoms with Gasteiger partial charge < -0.3 is 10.1 Å². The number of carbonyl (C=O) groups is 1. The Balaban J connectivity index is 1.69. The summed E-state index contributed by atoms with van der Waals surface area (Å²) in [5, 5.41) is 11.1. The summed E-state index contributed by atoms with van der Waals surface area (Å²) < 4.78 is 20.2. The lowest BCUT2D eigenvalue weighted by atomic mass is 10.1. The number of methoxy groups -OCH3 is 1. The van der Waals surface area contributed by atoms with Crippen molar-refractivity contribution in [1.82, 2.24) is 25.3 Å². The van der Waals surface area contributed by atoms with E-state index in [-0.39, 0.29) is 17.3 Å². The predicted octanol–water partition coefficient (Wildman–Crippen LogP) is 4.06. The second-order valence-electron chi connectivity index (χ2n) is 6.57. The molecule has 1 amide bonds. The Morgan fingerprint density at radius 2 is 1.97 bits per heavy atom. The zero-order valence-corrected chi connectivity index (χ0v) is 17.2. The van der Waals surface area contributed by atoms with Gasteiger partial charge in [-0.15, -0.1) is 5.10 Å². The number of ether oxygens (including phenoxy) is 1. The third kappa shape index (κ3) is 4.39. The van der Waals surface area contributed by atoms with E-state index >= 15 is 0 Å². The summed E-state index contributed by atoms with van der Waals surface area (Å²) in [5.74, 6) is -0.299. The first kappa shape index (κ1) is 20.5. The molecule has 0 aliphatic heterocycles. The number of hydrogen-bond donors (Lipinski definition) is 1. The highest BCUT2D eigenvalue weighted by atomic mass is 35.5. The van der Waals surface area contributed by atoms with Gasteiger partial charge in [-0.05, 0) is 42.0 Å². The van der Waals surface area contributed by atoms with Crippen molar-refractivity contribution < 1.29 is 13.9 Å². The smallest absolute Gasteiger partial charge is 0.274 e. The average molecular weight is 438 g/mol.